The third-order valence-corrected chi connectivity index (χ3v) is 2.29. The van der Waals surface area contributed by atoms with Crippen LogP contribution < -0.4 is 10.5 Å². The second-order valence-electron chi connectivity index (χ2n) is 3.62. The van der Waals surface area contributed by atoms with Crippen molar-refractivity contribution in [3.8, 4) is 5.75 Å². The lowest BCUT2D eigenvalue weighted by Gasteiger charge is -2.10. The highest BCUT2D eigenvalue weighted by Gasteiger charge is 2.09. The second kappa shape index (κ2) is 5.39. The molecule has 1 aromatic rings. The maximum Gasteiger partial charge on any atom is 0.223 e. The standard InChI is InChI=1S/C12H17NO2/c1-3-10-5-4-6-11(7-10)15-8-9(2)12(13)14/h4-7,9H,3,8H2,1-2H3,(H2,13,14). The van der Waals surface area contributed by atoms with Crippen LogP contribution in [-0.4, -0.2) is 12.5 Å². The molecule has 0 aliphatic carbocycles. The highest BCUT2D eigenvalue weighted by atomic mass is 16.5. The molecule has 1 amide bonds. The molecule has 15 heavy (non-hydrogen) atoms. The van der Waals surface area contributed by atoms with Gasteiger partial charge in [-0.3, -0.25) is 4.79 Å². The molecule has 0 saturated heterocycles. The van der Waals surface area contributed by atoms with E-state index in [2.05, 4.69) is 6.92 Å². The van der Waals surface area contributed by atoms with Crippen LogP contribution in [0, 0.1) is 5.92 Å². The minimum Gasteiger partial charge on any atom is -0.493 e. The zero-order valence-electron chi connectivity index (χ0n) is 9.19. The highest BCUT2D eigenvalue weighted by Crippen LogP contribution is 2.14. The molecule has 0 spiro atoms. The summed E-state index contributed by atoms with van der Waals surface area (Å²) < 4.78 is 5.47. The van der Waals surface area contributed by atoms with E-state index in [1.807, 2.05) is 24.3 Å². The quantitative estimate of drug-likeness (QED) is 0.799. The Morgan fingerprint density at radius 1 is 1.53 bits per heavy atom. The van der Waals surface area contributed by atoms with Crippen LogP contribution in [0.15, 0.2) is 24.3 Å². The first-order valence-corrected chi connectivity index (χ1v) is 5.14. The van der Waals surface area contributed by atoms with Crippen LogP contribution in [0.1, 0.15) is 19.4 Å². The van der Waals surface area contributed by atoms with Gasteiger partial charge in [0.1, 0.15) is 5.75 Å². The predicted molar refractivity (Wildman–Crippen MR) is 59.7 cm³/mol. The van der Waals surface area contributed by atoms with Gasteiger partial charge in [0.05, 0.1) is 12.5 Å². The number of aryl methyl sites for hydroxylation is 1. The number of ether oxygens (including phenoxy) is 1. The SMILES string of the molecule is CCc1cccc(OCC(C)C(N)=O)c1. The molecule has 2 N–H and O–H groups in total. The van der Waals surface area contributed by atoms with Crippen molar-refractivity contribution in [2.45, 2.75) is 20.3 Å². The minimum absolute atomic E-state index is 0.254. The number of hydrogen-bond donors (Lipinski definition) is 1. The largest absolute Gasteiger partial charge is 0.493 e. The van der Waals surface area contributed by atoms with Crippen LogP contribution in [0.4, 0.5) is 0 Å². The zero-order chi connectivity index (χ0) is 11.3. The molecule has 0 heterocycles. The number of benzene rings is 1. The molecule has 0 bridgehead atoms. The molecule has 0 aromatic heterocycles. The van der Waals surface area contributed by atoms with Crippen LogP contribution in [0.2, 0.25) is 0 Å². The predicted octanol–water partition coefficient (Wildman–Crippen LogP) is 1.75. The fourth-order valence-electron chi connectivity index (χ4n) is 1.16. The van der Waals surface area contributed by atoms with Crippen molar-refractivity contribution in [2.75, 3.05) is 6.61 Å². The Morgan fingerprint density at radius 2 is 2.27 bits per heavy atom. The van der Waals surface area contributed by atoms with Crippen molar-refractivity contribution in [2.24, 2.45) is 11.7 Å². The first kappa shape index (κ1) is 11.6. The number of carbonyl (C=O) groups excluding carboxylic acids is 1. The van der Waals surface area contributed by atoms with Crippen LogP contribution in [0.5, 0.6) is 5.75 Å². The third kappa shape index (κ3) is 3.62. The average Bonchev–Trinajstić information content (AvgIpc) is 2.26. The fraction of sp³-hybridized carbons (Fsp3) is 0.417. The highest BCUT2D eigenvalue weighted by molar-refractivity contribution is 5.76. The molecule has 0 aliphatic heterocycles. The Kier molecular flexibility index (Phi) is 4.16. The van der Waals surface area contributed by atoms with Gasteiger partial charge in [0, 0.05) is 0 Å². The number of hydrogen-bond acceptors (Lipinski definition) is 2. The summed E-state index contributed by atoms with van der Waals surface area (Å²) in [6, 6.07) is 7.86. The molecule has 0 saturated carbocycles. The van der Waals surface area contributed by atoms with E-state index in [1.165, 1.54) is 5.56 Å². The number of rotatable bonds is 5. The molecule has 3 heteroatoms. The lowest BCUT2D eigenvalue weighted by Crippen LogP contribution is -2.25. The summed E-state index contributed by atoms with van der Waals surface area (Å²) in [6.07, 6.45) is 0.975. The number of carbonyl (C=O) groups is 1. The van der Waals surface area contributed by atoms with Crippen molar-refractivity contribution in [3.63, 3.8) is 0 Å². The molecular formula is C12H17NO2. The Balaban J connectivity index is 2.53. The topological polar surface area (TPSA) is 52.3 Å². The van der Waals surface area contributed by atoms with E-state index in [0.29, 0.717) is 6.61 Å². The van der Waals surface area contributed by atoms with Crippen molar-refractivity contribution in [1.29, 1.82) is 0 Å². The molecule has 1 aromatic carbocycles. The van der Waals surface area contributed by atoms with Gasteiger partial charge in [-0.1, -0.05) is 26.0 Å². The number of amides is 1. The zero-order valence-corrected chi connectivity index (χ0v) is 9.19. The summed E-state index contributed by atoms with van der Waals surface area (Å²) in [5.74, 6) is 0.208. The molecule has 1 unspecified atom stereocenters. The van der Waals surface area contributed by atoms with E-state index in [-0.39, 0.29) is 11.8 Å². The van der Waals surface area contributed by atoms with Gasteiger partial charge >= 0.3 is 0 Å². The van der Waals surface area contributed by atoms with Gasteiger partial charge in [-0.05, 0) is 24.1 Å². The van der Waals surface area contributed by atoms with Crippen LogP contribution in [0.3, 0.4) is 0 Å². The molecule has 1 rings (SSSR count). The van der Waals surface area contributed by atoms with Crippen LogP contribution in [0.25, 0.3) is 0 Å². The van der Waals surface area contributed by atoms with E-state index >= 15 is 0 Å². The van der Waals surface area contributed by atoms with Crippen molar-refractivity contribution in [1.82, 2.24) is 0 Å². The molecule has 0 radical (unpaired) electrons. The summed E-state index contributed by atoms with van der Waals surface area (Å²) in [4.78, 5) is 10.8. The number of primary amides is 1. The molecule has 1 atom stereocenters. The van der Waals surface area contributed by atoms with E-state index in [0.717, 1.165) is 12.2 Å². The fourth-order valence-corrected chi connectivity index (χ4v) is 1.16. The van der Waals surface area contributed by atoms with Gasteiger partial charge < -0.3 is 10.5 Å². The number of nitrogens with two attached hydrogens (primary N) is 1. The maximum atomic E-state index is 10.8. The lowest BCUT2D eigenvalue weighted by atomic mass is 10.1. The van der Waals surface area contributed by atoms with Crippen molar-refractivity contribution >= 4 is 5.91 Å². The first-order valence-electron chi connectivity index (χ1n) is 5.14. The summed E-state index contributed by atoms with van der Waals surface area (Å²) >= 11 is 0. The van der Waals surface area contributed by atoms with E-state index < -0.39 is 0 Å². The minimum atomic E-state index is -0.332. The maximum absolute atomic E-state index is 10.8. The normalized spacial score (nSPS) is 12.1. The summed E-state index contributed by atoms with van der Waals surface area (Å²) in [5.41, 5.74) is 6.36. The van der Waals surface area contributed by atoms with E-state index in [4.69, 9.17) is 10.5 Å². The van der Waals surface area contributed by atoms with Gasteiger partial charge in [-0.2, -0.15) is 0 Å². The molecule has 82 valence electrons. The van der Waals surface area contributed by atoms with Gasteiger partial charge in [0.25, 0.3) is 0 Å². The second-order valence-corrected chi connectivity index (χ2v) is 3.62. The first-order chi connectivity index (χ1) is 7.13. The van der Waals surface area contributed by atoms with Gasteiger partial charge in [-0.25, -0.2) is 0 Å². The Hall–Kier alpha value is -1.51. The summed E-state index contributed by atoms with van der Waals surface area (Å²) in [7, 11) is 0. The third-order valence-electron chi connectivity index (χ3n) is 2.29. The van der Waals surface area contributed by atoms with E-state index in [1.54, 1.807) is 6.92 Å². The molecular weight excluding hydrogens is 190 g/mol. The Labute approximate surface area is 90.2 Å². The van der Waals surface area contributed by atoms with Gasteiger partial charge in [-0.15, -0.1) is 0 Å². The smallest absolute Gasteiger partial charge is 0.223 e. The summed E-state index contributed by atoms with van der Waals surface area (Å²) in [5, 5.41) is 0. The van der Waals surface area contributed by atoms with Crippen LogP contribution >= 0.6 is 0 Å². The molecule has 3 nitrogen and oxygen atoms in total. The van der Waals surface area contributed by atoms with Gasteiger partial charge in [0.2, 0.25) is 5.91 Å². The lowest BCUT2D eigenvalue weighted by molar-refractivity contribution is -0.122. The van der Waals surface area contributed by atoms with Crippen molar-refractivity contribution in [3.05, 3.63) is 29.8 Å². The molecule has 0 aliphatic rings. The van der Waals surface area contributed by atoms with Crippen LogP contribution in [-0.2, 0) is 11.2 Å². The Morgan fingerprint density at radius 3 is 2.87 bits per heavy atom. The van der Waals surface area contributed by atoms with E-state index in [9.17, 15) is 4.79 Å². The molecule has 0 fully saturated rings. The average molecular weight is 207 g/mol. The monoisotopic (exact) mass is 207 g/mol. The van der Waals surface area contributed by atoms with Gasteiger partial charge in [0.15, 0.2) is 0 Å². The van der Waals surface area contributed by atoms with Crippen molar-refractivity contribution < 1.29 is 9.53 Å². The Bertz CT molecular complexity index is 336. The summed E-state index contributed by atoms with van der Waals surface area (Å²) in [6.45, 7) is 4.18.